The molecule has 4 aromatic rings. The Hall–Kier alpha value is -2.76. The van der Waals surface area contributed by atoms with Crippen LogP contribution in [-0.4, -0.2) is 13.4 Å². The maximum atomic E-state index is 12.6. The smallest absolute Gasteiger partial charge is 0.261 e. The van der Waals surface area contributed by atoms with E-state index in [-0.39, 0.29) is 4.90 Å². The second-order valence-electron chi connectivity index (χ2n) is 5.88. The monoisotopic (exact) mass is 382 g/mol. The van der Waals surface area contributed by atoms with E-state index in [2.05, 4.69) is 9.71 Å². The lowest BCUT2D eigenvalue weighted by molar-refractivity contribution is 0.601. The first-order valence-electron chi connectivity index (χ1n) is 7.98. The first-order chi connectivity index (χ1) is 12.5. The fourth-order valence-corrected chi connectivity index (χ4v) is 4.12. The zero-order chi connectivity index (χ0) is 18.1. The van der Waals surface area contributed by atoms with Gasteiger partial charge in [-0.25, -0.2) is 8.42 Å². The first-order valence-corrected chi connectivity index (χ1v) is 9.85. The number of hydrogen-bond donors (Lipinski definition) is 2. The number of rotatable bonds is 4. The number of benzene rings is 3. The Balaban J connectivity index is 1.73. The molecule has 0 aliphatic rings. The van der Waals surface area contributed by atoms with Crippen LogP contribution in [0.5, 0.6) is 0 Å². The summed E-state index contributed by atoms with van der Waals surface area (Å²) in [5.74, 6) is 0. The molecular formula is C20H15ClN2O2S. The fourth-order valence-electron chi connectivity index (χ4n) is 2.80. The summed E-state index contributed by atoms with van der Waals surface area (Å²) in [6, 6.07) is 23.4. The van der Waals surface area contributed by atoms with Gasteiger partial charge in [0.1, 0.15) is 0 Å². The third-order valence-electron chi connectivity index (χ3n) is 4.11. The van der Waals surface area contributed by atoms with Gasteiger partial charge in [-0.05, 0) is 36.4 Å². The van der Waals surface area contributed by atoms with Gasteiger partial charge in [0.2, 0.25) is 0 Å². The summed E-state index contributed by atoms with van der Waals surface area (Å²) in [6.45, 7) is 0. The van der Waals surface area contributed by atoms with Crippen LogP contribution in [0.15, 0.2) is 83.8 Å². The van der Waals surface area contributed by atoms with E-state index in [0.717, 1.165) is 22.2 Å². The summed E-state index contributed by atoms with van der Waals surface area (Å²) < 4.78 is 27.7. The minimum absolute atomic E-state index is 0.187. The third kappa shape index (κ3) is 3.19. The Labute approximate surface area is 156 Å². The Kier molecular flexibility index (Phi) is 4.18. The molecule has 4 rings (SSSR count). The molecule has 0 saturated carbocycles. The predicted molar refractivity (Wildman–Crippen MR) is 106 cm³/mol. The molecule has 2 N–H and O–H groups in total. The zero-order valence-corrected chi connectivity index (χ0v) is 15.2. The molecule has 0 saturated heterocycles. The molecule has 3 aromatic carbocycles. The normalized spacial score (nSPS) is 11.6. The van der Waals surface area contributed by atoms with Crippen molar-refractivity contribution in [3.05, 3.63) is 83.9 Å². The van der Waals surface area contributed by atoms with Crippen molar-refractivity contribution in [3.63, 3.8) is 0 Å². The van der Waals surface area contributed by atoms with Crippen LogP contribution in [0.4, 0.5) is 5.69 Å². The number of anilines is 1. The number of sulfonamides is 1. The molecule has 1 heterocycles. The van der Waals surface area contributed by atoms with E-state index in [1.54, 1.807) is 30.3 Å². The van der Waals surface area contributed by atoms with Gasteiger partial charge in [0.25, 0.3) is 10.0 Å². The standard InChI is InChI=1S/C20H15ClN2O2S/c21-17-11-10-15(19-12-14-6-4-5-9-18(14)22-19)13-20(17)23-26(24,25)16-7-2-1-3-8-16/h1-13,22-23H. The predicted octanol–water partition coefficient (Wildman–Crippen LogP) is 5.29. The average molecular weight is 383 g/mol. The average Bonchev–Trinajstić information content (AvgIpc) is 3.08. The molecule has 0 amide bonds. The summed E-state index contributed by atoms with van der Waals surface area (Å²) in [6.07, 6.45) is 0. The second kappa shape index (κ2) is 6.52. The minimum Gasteiger partial charge on any atom is -0.355 e. The van der Waals surface area contributed by atoms with Crippen molar-refractivity contribution >= 4 is 38.2 Å². The van der Waals surface area contributed by atoms with Gasteiger partial charge in [0.15, 0.2) is 0 Å². The zero-order valence-electron chi connectivity index (χ0n) is 13.6. The Morgan fingerprint density at radius 2 is 1.58 bits per heavy atom. The van der Waals surface area contributed by atoms with Crippen LogP contribution < -0.4 is 4.72 Å². The highest BCUT2D eigenvalue weighted by Crippen LogP contribution is 2.31. The van der Waals surface area contributed by atoms with Crippen molar-refractivity contribution in [3.8, 4) is 11.3 Å². The van der Waals surface area contributed by atoms with Crippen molar-refractivity contribution in [1.82, 2.24) is 4.98 Å². The van der Waals surface area contributed by atoms with Crippen LogP contribution in [0, 0.1) is 0 Å². The van der Waals surface area contributed by atoms with Gasteiger partial charge in [0, 0.05) is 22.2 Å². The Morgan fingerprint density at radius 3 is 2.35 bits per heavy atom. The molecular weight excluding hydrogens is 368 g/mol. The number of aromatic nitrogens is 1. The maximum Gasteiger partial charge on any atom is 0.261 e. The highest BCUT2D eigenvalue weighted by atomic mass is 35.5. The molecule has 0 aliphatic carbocycles. The molecule has 0 atom stereocenters. The largest absolute Gasteiger partial charge is 0.355 e. The Morgan fingerprint density at radius 1 is 0.846 bits per heavy atom. The van der Waals surface area contributed by atoms with E-state index in [0.29, 0.717) is 10.7 Å². The topological polar surface area (TPSA) is 62.0 Å². The molecule has 6 heteroatoms. The Bertz CT molecular complexity index is 1150. The molecule has 0 fully saturated rings. The lowest BCUT2D eigenvalue weighted by atomic mass is 10.1. The van der Waals surface area contributed by atoms with Crippen LogP contribution in [0.3, 0.4) is 0 Å². The van der Waals surface area contributed by atoms with Gasteiger partial charge in [-0.1, -0.05) is 54.1 Å². The van der Waals surface area contributed by atoms with Crippen molar-refractivity contribution in [2.45, 2.75) is 4.90 Å². The summed E-state index contributed by atoms with van der Waals surface area (Å²) in [7, 11) is -3.70. The number of aromatic amines is 1. The summed E-state index contributed by atoms with van der Waals surface area (Å²) in [4.78, 5) is 3.52. The molecule has 1 aromatic heterocycles. The van der Waals surface area contributed by atoms with Crippen LogP contribution in [-0.2, 0) is 10.0 Å². The van der Waals surface area contributed by atoms with Crippen LogP contribution >= 0.6 is 11.6 Å². The van der Waals surface area contributed by atoms with Crippen LogP contribution in [0.2, 0.25) is 5.02 Å². The highest BCUT2D eigenvalue weighted by molar-refractivity contribution is 7.92. The number of H-pyrrole nitrogens is 1. The van der Waals surface area contributed by atoms with E-state index in [4.69, 9.17) is 11.6 Å². The van der Waals surface area contributed by atoms with Crippen molar-refractivity contribution in [2.24, 2.45) is 0 Å². The molecule has 0 radical (unpaired) electrons. The lowest BCUT2D eigenvalue weighted by Gasteiger charge is -2.11. The van der Waals surface area contributed by atoms with E-state index in [9.17, 15) is 8.42 Å². The number of para-hydroxylation sites is 1. The summed E-state index contributed by atoms with van der Waals surface area (Å²) in [5, 5.41) is 1.42. The maximum absolute atomic E-state index is 12.6. The molecule has 0 aliphatic heterocycles. The van der Waals surface area contributed by atoms with Crippen molar-refractivity contribution < 1.29 is 8.42 Å². The van der Waals surface area contributed by atoms with E-state index in [1.165, 1.54) is 12.1 Å². The number of hydrogen-bond acceptors (Lipinski definition) is 2. The second-order valence-corrected chi connectivity index (χ2v) is 7.97. The van der Waals surface area contributed by atoms with E-state index < -0.39 is 10.0 Å². The SMILES string of the molecule is O=S(=O)(Nc1cc(-c2cc3ccccc3[nH]2)ccc1Cl)c1ccccc1. The lowest BCUT2D eigenvalue weighted by Crippen LogP contribution is -2.13. The van der Waals surface area contributed by atoms with Gasteiger partial charge in [-0.15, -0.1) is 0 Å². The van der Waals surface area contributed by atoms with Crippen molar-refractivity contribution in [2.75, 3.05) is 4.72 Å². The molecule has 4 nitrogen and oxygen atoms in total. The van der Waals surface area contributed by atoms with Crippen LogP contribution in [0.25, 0.3) is 22.2 Å². The van der Waals surface area contributed by atoms with Gasteiger partial charge in [0.05, 0.1) is 15.6 Å². The fraction of sp³-hybridized carbons (Fsp3) is 0. The van der Waals surface area contributed by atoms with Gasteiger partial charge < -0.3 is 4.98 Å². The molecule has 130 valence electrons. The van der Waals surface area contributed by atoms with Crippen LogP contribution in [0.1, 0.15) is 0 Å². The molecule has 0 spiro atoms. The molecule has 0 bridgehead atoms. The first kappa shape index (κ1) is 16.7. The summed E-state index contributed by atoms with van der Waals surface area (Å²) in [5.41, 5.74) is 3.09. The van der Waals surface area contributed by atoms with Gasteiger partial charge >= 0.3 is 0 Å². The third-order valence-corrected chi connectivity index (χ3v) is 5.82. The quantitative estimate of drug-likeness (QED) is 0.503. The van der Waals surface area contributed by atoms with E-state index >= 15 is 0 Å². The molecule has 26 heavy (non-hydrogen) atoms. The molecule has 0 unspecified atom stereocenters. The number of nitrogens with one attached hydrogen (secondary N) is 2. The van der Waals surface area contributed by atoms with Gasteiger partial charge in [-0.2, -0.15) is 0 Å². The van der Waals surface area contributed by atoms with Crippen molar-refractivity contribution in [1.29, 1.82) is 0 Å². The highest BCUT2D eigenvalue weighted by Gasteiger charge is 2.16. The minimum atomic E-state index is -3.70. The number of fused-ring (bicyclic) bond motifs is 1. The van der Waals surface area contributed by atoms with Gasteiger partial charge in [-0.3, -0.25) is 4.72 Å². The number of halogens is 1. The van der Waals surface area contributed by atoms with E-state index in [1.807, 2.05) is 36.4 Å². The summed E-state index contributed by atoms with van der Waals surface area (Å²) >= 11 is 6.22.